The number of amides is 1. The van der Waals surface area contributed by atoms with Crippen molar-refractivity contribution in [3.05, 3.63) is 63.2 Å². The van der Waals surface area contributed by atoms with Crippen LogP contribution in [0.1, 0.15) is 41.8 Å². The van der Waals surface area contributed by atoms with Crippen LogP contribution in [0.25, 0.3) is 10.9 Å². The van der Waals surface area contributed by atoms with Crippen molar-refractivity contribution in [1.82, 2.24) is 19.7 Å². The van der Waals surface area contributed by atoms with Gasteiger partial charge in [-0.05, 0) is 49.3 Å². The lowest BCUT2D eigenvalue weighted by Gasteiger charge is -2.27. The Bertz CT molecular complexity index is 1110. The molecule has 1 amide bonds. The van der Waals surface area contributed by atoms with E-state index in [1.165, 1.54) is 22.1 Å². The number of nitrogens with one attached hydrogen (secondary N) is 1. The van der Waals surface area contributed by atoms with Crippen LogP contribution in [-0.4, -0.2) is 32.1 Å². The zero-order chi connectivity index (χ0) is 19.1. The van der Waals surface area contributed by atoms with Crippen LogP contribution in [0.4, 0.5) is 0 Å². The summed E-state index contributed by atoms with van der Waals surface area (Å²) in [6.07, 6.45) is 6.02. The minimum absolute atomic E-state index is 0.0156. The van der Waals surface area contributed by atoms with Gasteiger partial charge in [-0.1, -0.05) is 24.6 Å². The largest absolute Gasteiger partial charge is 0.357 e. The molecule has 2 aliphatic rings. The molecule has 0 fully saturated rings. The molecule has 3 aromatic rings. The maximum atomic E-state index is 12.9. The number of aromatic nitrogens is 3. The minimum atomic E-state index is -0.169. The van der Waals surface area contributed by atoms with Crippen LogP contribution < -0.4 is 5.56 Å². The molecule has 0 saturated carbocycles. The smallest absolute Gasteiger partial charge is 0.267 e. The summed E-state index contributed by atoms with van der Waals surface area (Å²) in [7, 11) is 0. The van der Waals surface area contributed by atoms with E-state index in [9.17, 15) is 9.59 Å². The average molecular weight is 376 g/mol. The van der Waals surface area contributed by atoms with Crippen LogP contribution in [0.2, 0.25) is 0 Å². The summed E-state index contributed by atoms with van der Waals surface area (Å²) < 4.78 is 1.35. The summed E-state index contributed by atoms with van der Waals surface area (Å²) in [5, 5.41) is 5.78. The number of H-pyrrole nitrogens is 1. The van der Waals surface area contributed by atoms with Gasteiger partial charge >= 0.3 is 0 Å². The fourth-order valence-corrected chi connectivity index (χ4v) is 4.53. The molecule has 6 heteroatoms. The molecule has 2 aromatic heterocycles. The number of aromatic amines is 1. The molecule has 0 radical (unpaired) electrons. The van der Waals surface area contributed by atoms with E-state index in [4.69, 9.17) is 0 Å². The highest BCUT2D eigenvalue weighted by Crippen LogP contribution is 2.27. The predicted octanol–water partition coefficient (Wildman–Crippen LogP) is 2.58. The van der Waals surface area contributed by atoms with Gasteiger partial charge in [0.1, 0.15) is 6.54 Å². The Morgan fingerprint density at radius 2 is 1.96 bits per heavy atom. The predicted molar refractivity (Wildman–Crippen MR) is 107 cm³/mol. The number of aryl methyl sites for hydroxylation is 2. The van der Waals surface area contributed by atoms with Crippen molar-refractivity contribution in [3.63, 3.8) is 0 Å². The van der Waals surface area contributed by atoms with E-state index in [1.54, 1.807) is 6.07 Å². The van der Waals surface area contributed by atoms with Crippen LogP contribution in [0.3, 0.4) is 0 Å². The van der Waals surface area contributed by atoms with Gasteiger partial charge in [0.05, 0.1) is 12.2 Å². The Kier molecular flexibility index (Phi) is 4.26. The Balaban J connectivity index is 1.36. The first kappa shape index (κ1) is 17.2. The standard InChI is InChI=1S/C22H24N4O2/c27-21-12-15-6-2-1-3-8-18(15)24-26(21)14-22(28)25-11-10-17-16-7-4-5-9-19(16)23-20(17)13-25/h4-5,7,9,12,23H,1-3,6,8,10-11,13-14H2. The zero-order valence-corrected chi connectivity index (χ0v) is 15.9. The molecule has 1 aliphatic heterocycles. The van der Waals surface area contributed by atoms with Gasteiger partial charge < -0.3 is 9.88 Å². The lowest BCUT2D eigenvalue weighted by Crippen LogP contribution is -2.40. The number of hydrogen-bond donors (Lipinski definition) is 1. The molecular weight excluding hydrogens is 352 g/mol. The second-order valence-electron chi connectivity index (χ2n) is 7.87. The third-order valence-electron chi connectivity index (χ3n) is 6.04. The maximum Gasteiger partial charge on any atom is 0.267 e. The summed E-state index contributed by atoms with van der Waals surface area (Å²) >= 11 is 0. The van der Waals surface area contributed by atoms with Gasteiger partial charge in [-0.2, -0.15) is 5.10 Å². The van der Waals surface area contributed by atoms with Gasteiger partial charge in [-0.3, -0.25) is 9.59 Å². The monoisotopic (exact) mass is 376 g/mol. The molecule has 0 unspecified atom stereocenters. The first-order valence-electron chi connectivity index (χ1n) is 10.2. The molecule has 0 atom stereocenters. The highest BCUT2D eigenvalue weighted by molar-refractivity contribution is 5.85. The number of carbonyl (C=O) groups excluding carboxylic acids is 1. The Morgan fingerprint density at radius 3 is 2.89 bits per heavy atom. The second kappa shape index (κ2) is 6.93. The van der Waals surface area contributed by atoms with E-state index in [1.807, 2.05) is 17.0 Å². The SMILES string of the molecule is O=C(Cn1nc2c(cc1=O)CCCCC2)N1CCc2c([nH]c3ccccc23)C1. The summed E-state index contributed by atoms with van der Waals surface area (Å²) in [6.45, 7) is 1.25. The molecule has 0 saturated heterocycles. The van der Waals surface area contributed by atoms with Gasteiger partial charge in [-0.25, -0.2) is 4.68 Å². The molecule has 1 aliphatic carbocycles. The van der Waals surface area contributed by atoms with Crippen LogP contribution in [0, 0.1) is 0 Å². The quantitative estimate of drug-likeness (QED) is 0.699. The first-order chi connectivity index (χ1) is 13.7. The number of hydrogen-bond acceptors (Lipinski definition) is 3. The molecule has 1 N–H and O–H groups in total. The average Bonchev–Trinajstić information content (AvgIpc) is 2.92. The van der Waals surface area contributed by atoms with Gasteiger partial charge in [0.25, 0.3) is 5.56 Å². The second-order valence-corrected chi connectivity index (χ2v) is 7.87. The van der Waals surface area contributed by atoms with E-state index in [0.29, 0.717) is 13.1 Å². The summed E-state index contributed by atoms with van der Waals surface area (Å²) in [4.78, 5) is 30.6. The minimum Gasteiger partial charge on any atom is -0.357 e. The number of benzene rings is 1. The van der Waals surface area contributed by atoms with Crippen molar-refractivity contribution in [2.45, 2.75) is 51.6 Å². The van der Waals surface area contributed by atoms with Gasteiger partial charge in [-0.15, -0.1) is 0 Å². The van der Waals surface area contributed by atoms with E-state index in [-0.39, 0.29) is 18.0 Å². The molecule has 3 heterocycles. The van der Waals surface area contributed by atoms with Crippen LogP contribution >= 0.6 is 0 Å². The summed E-state index contributed by atoms with van der Waals surface area (Å²) in [5.74, 6) is -0.0486. The lowest BCUT2D eigenvalue weighted by atomic mass is 10.0. The third kappa shape index (κ3) is 3.03. The lowest BCUT2D eigenvalue weighted by molar-refractivity contribution is -0.133. The first-order valence-corrected chi connectivity index (χ1v) is 10.2. The van der Waals surface area contributed by atoms with Crippen molar-refractivity contribution < 1.29 is 4.79 Å². The number of para-hydroxylation sites is 1. The molecular formula is C22H24N4O2. The molecule has 28 heavy (non-hydrogen) atoms. The summed E-state index contributed by atoms with van der Waals surface area (Å²) in [6, 6.07) is 9.95. The summed E-state index contributed by atoms with van der Waals surface area (Å²) in [5.41, 5.74) is 5.40. The van der Waals surface area contributed by atoms with Gasteiger partial charge in [0.2, 0.25) is 5.91 Å². The third-order valence-corrected chi connectivity index (χ3v) is 6.04. The Morgan fingerprint density at radius 1 is 1.11 bits per heavy atom. The number of rotatable bonds is 2. The zero-order valence-electron chi connectivity index (χ0n) is 15.9. The Labute approximate surface area is 163 Å². The molecule has 1 aromatic carbocycles. The van der Waals surface area contributed by atoms with Gasteiger partial charge in [0.15, 0.2) is 0 Å². The van der Waals surface area contributed by atoms with E-state index in [2.05, 4.69) is 22.2 Å². The molecule has 5 rings (SSSR count). The van der Waals surface area contributed by atoms with Crippen LogP contribution in [0.15, 0.2) is 35.1 Å². The highest BCUT2D eigenvalue weighted by Gasteiger charge is 2.24. The van der Waals surface area contributed by atoms with Crippen molar-refractivity contribution in [3.8, 4) is 0 Å². The van der Waals surface area contributed by atoms with E-state index >= 15 is 0 Å². The molecule has 6 nitrogen and oxygen atoms in total. The van der Waals surface area contributed by atoms with Crippen molar-refractivity contribution >= 4 is 16.8 Å². The molecule has 0 spiro atoms. The topological polar surface area (TPSA) is 71.0 Å². The van der Waals surface area contributed by atoms with Crippen LogP contribution in [-0.2, 0) is 37.1 Å². The van der Waals surface area contributed by atoms with E-state index in [0.717, 1.165) is 54.6 Å². The number of carbonyl (C=O) groups is 1. The van der Waals surface area contributed by atoms with E-state index < -0.39 is 0 Å². The Hall–Kier alpha value is -2.89. The van der Waals surface area contributed by atoms with Crippen molar-refractivity contribution in [1.29, 1.82) is 0 Å². The number of fused-ring (bicyclic) bond motifs is 4. The van der Waals surface area contributed by atoms with Crippen molar-refractivity contribution in [2.24, 2.45) is 0 Å². The molecule has 144 valence electrons. The molecule has 0 bridgehead atoms. The van der Waals surface area contributed by atoms with Gasteiger partial charge in [0, 0.05) is 29.2 Å². The van der Waals surface area contributed by atoms with Crippen molar-refractivity contribution in [2.75, 3.05) is 6.54 Å². The number of nitrogens with zero attached hydrogens (tertiary/aromatic N) is 3. The highest BCUT2D eigenvalue weighted by atomic mass is 16.2. The maximum absolute atomic E-state index is 12.9. The van der Waals surface area contributed by atoms with Crippen LogP contribution in [0.5, 0.6) is 0 Å². The normalized spacial score (nSPS) is 16.5. The fraction of sp³-hybridized carbons (Fsp3) is 0.409. The fourth-order valence-electron chi connectivity index (χ4n) is 4.53.